The van der Waals surface area contributed by atoms with Gasteiger partial charge in [0.15, 0.2) is 6.29 Å². The van der Waals surface area contributed by atoms with Crippen LogP contribution in [0.5, 0.6) is 5.75 Å². The number of epoxide rings is 1. The Morgan fingerprint density at radius 2 is 2.07 bits per heavy atom. The molecule has 2 fully saturated rings. The lowest BCUT2D eigenvalue weighted by Gasteiger charge is -2.33. The number of carbonyl (C=O) groups excluding carboxylic acids is 1. The molecule has 148 valence electrons. The second kappa shape index (κ2) is 8.14. The third-order valence-electron chi connectivity index (χ3n) is 5.53. The number of fused-ring (bicyclic) bond motifs is 1. The van der Waals surface area contributed by atoms with Gasteiger partial charge in [-0.05, 0) is 24.5 Å². The molecule has 2 unspecified atom stereocenters. The highest BCUT2D eigenvalue weighted by molar-refractivity contribution is 5.79. The van der Waals surface area contributed by atoms with Crippen molar-refractivity contribution >= 4 is 5.91 Å². The Balaban J connectivity index is 1.54. The van der Waals surface area contributed by atoms with Crippen molar-refractivity contribution in [3.63, 3.8) is 0 Å². The van der Waals surface area contributed by atoms with Crippen LogP contribution < -0.4 is 4.74 Å². The van der Waals surface area contributed by atoms with E-state index < -0.39 is 0 Å². The van der Waals surface area contributed by atoms with Crippen molar-refractivity contribution in [1.82, 2.24) is 4.90 Å². The molecular formula is C20H27NO6. The summed E-state index contributed by atoms with van der Waals surface area (Å²) in [6.07, 6.45) is 1.33. The van der Waals surface area contributed by atoms with Gasteiger partial charge in [0.05, 0.1) is 12.6 Å². The van der Waals surface area contributed by atoms with Crippen molar-refractivity contribution in [2.24, 2.45) is 5.92 Å². The van der Waals surface area contributed by atoms with Crippen LogP contribution in [0.2, 0.25) is 0 Å². The van der Waals surface area contributed by atoms with Crippen LogP contribution >= 0.6 is 0 Å². The van der Waals surface area contributed by atoms with Gasteiger partial charge in [-0.25, -0.2) is 0 Å². The fraction of sp³-hybridized carbons (Fsp3) is 0.650. The molecular weight excluding hydrogens is 350 g/mol. The number of carbonyl (C=O) groups is 1. The quantitative estimate of drug-likeness (QED) is 0.730. The van der Waals surface area contributed by atoms with E-state index in [1.54, 1.807) is 14.2 Å². The minimum atomic E-state index is -0.179. The van der Waals surface area contributed by atoms with Crippen LogP contribution in [0.3, 0.4) is 0 Å². The number of hydrogen-bond donors (Lipinski definition) is 0. The van der Waals surface area contributed by atoms with Gasteiger partial charge in [-0.1, -0.05) is 12.1 Å². The summed E-state index contributed by atoms with van der Waals surface area (Å²) in [5, 5.41) is 0. The van der Waals surface area contributed by atoms with Crippen LogP contribution in [0.25, 0.3) is 0 Å². The molecule has 3 atom stereocenters. The Hall–Kier alpha value is -1.67. The van der Waals surface area contributed by atoms with E-state index in [2.05, 4.69) is 0 Å². The van der Waals surface area contributed by atoms with Gasteiger partial charge in [0, 0.05) is 45.5 Å². The molecule has 0 radical (unpaired) electrons. The summed E-state index contributed by atoms with van der Waals surface area (Å²) in [6.45, 7) is 2.69. The van der Waals surface area contributed by atoms with Gasteiger partial charge in [-0.15, -0.1) is 0 Å². The minimum Gasteiger partial charge on any atom is -0.491 e. The molecule has 3 aliphatic rings. The van der Waals surface area contributed by atoms with Crippen molar-refractivity contribution in [2.45, 2.75) is 37.8 Å². The van der Waals surface area contributed by atoms with E-state index in [9.17, 15) is 4.79 Å². The minimum absolute atomic E-state index is 0.0151. The molecule has 4 rings (SSSR count). The number of amides is 1. The van der Waals surface area contributed by atoms with Gasteiger partial charge in [0.2, 0.25) is 5.91 Å². The molecule has 1 aromatic rings. The number of rotatable bonds is 5. The average molecular weight is 377 g/mol. The van der Waals surface area contributed by atoms with Crippen LogP contribution in [0.15, 0.2) is 18.2 Å². The molecule has 0 bridgehead atoms. The zero-order valence-electron chi connectivity index (χ0n) is 15.9. The second-order valence-electron chi connectivity index (χ2n) is 7.30. The molecule has 1 amide bonds. The monoisotopic (exact) mass is 377 g/mol. The lowest BCUT2D eigenvalue weighted by atomic mass is 9.97. The predicted molar refractivity (Wildman–Crippen MR) is 96.3 cm³/mol. The summed E-state index contributed by atoms with van der Waals surface area (Å²) in [6, 6.07) is 5.95. The SMILES string of the molecule is COC[C@@H]1COc2cc(C3OC3OC)ccc2CN1C(=O)C1CCOCC1. The van der Waals surface area contributed by atoms with Gasteiger partial charge in [0.25, 0.3) is 0 Å². The van der Waals surface area contributed by atoms with E-state index >= 15 is 0 Å². The summed E-state index contributed by atoms with van der Waals surface area (Å²) in [4.78, 5) is 15.1. The highest BCUT2D eigenvalue weighted by atomic mass is 16.8. The number of hydrogen-bond acceptors (Lipinski definition) is 6. The lowest BCUT2D eigenvalue weighted by molar-refractivity contribution is -0.143. The van der Waals surface area contributed by atoms with E-state index in [0.717, 1.165) is 29.7 Å². The van der Waals surface area contributed by atoms with Crippen LogP contribution in [0.1, 0.15) is 30.1 Å². The fourth-order valence-corrected chi connectivity index (χ4v) is 3.88. The first-order chi connectivity index (χ1) is 13.2. The topological polar surface area (TPSA) is 69.8 Å². The molecule has 3 aliphatic heterocycles. The Bertz CT molecular complexity index is 674. The molecule has 0 spiro atoms. The average Bonchev–Trinajstić information content (AvgIpc) is 3.51. The first kappa shape index (κ1) is 18.7. The summed E-state index contributed by atoms with van der Waals surface area (Å²) in [5.74, 6) is 0.994. The smallest absolute Gasteiger partial charge is 0.226 e. The molecule has 2 saturated heterocycles. The largest absolute Gasteiger partial charge is 0.491 e. The molecule has 0 aliphatic carbocycles. The first-order valence-corrected chi connectivity index (χ1v) is 9.52. The summed E-state index contributed by atoms with van der Waals surface area (Å²) in [7, 11) is 3.29. The van der Waals surface area contributed by atoms with Crippen molar-refractivity contribution in [1.29, 1.82) is 0 Å². The molecule has 0 aromatic heterocycles. The highest BCUT2D eigenvalue weighted by Gasteiger charge is 2.41. The Morgan fingerprint density at radius 1 is 1.26 bits per heavy atom. The number of methoxy groups -OCH3 is 2. The first-order valence-electron chi connectivity index (χ1n) is 9.52. The van der Waals surface area contributed by atoms with Crippen LogP contribution in [0.4, 0.5) is 0 Å². The zero-order valence-corrected chi connectivity index (χ0v) is 15.9. The van der Waals surface area contributed by atoms with Gasteiger partial charge >= 0.3 is 0 Å². The van der Waals surface area contributed by atoms with E-state index in [4.69, 9.17) is 23.7 Å². The van der Waals surface area contributed by atoms with Crippen molar-refractivity contribution < 1.29 is 28.5 Å². The van der Waals surface area contributed by atoms with Crippen LogP contribution in [-0.2, 0) is 30.3 Å². The van der Waals surface area contributed by atoms with Gasteiger partial charge in [-0.2, -0.15) is 0 Å². The Kier molecular flexibility index (Phi) is 5.63. The van der Waals surface area contributed by atoms with E-state index in [-0.39, 0.29) is 30.3 Å². The lowest BCUT2D eigenvalue weighted by Crippen LogP contribution is -2.47. The molecule has 0 N–H and O–H groups in total. The standard InChI is InChI=1S/C20H27NO6/c1-23-11-16-12-26-17-9-14(18-20(24-2)27-18)3-4-15(17)10-21(16)19(22)13-5-7-25-8-6-13/h3-4,9,13,16,18,20H,5-8,10-12H2,1-2H3/t16-,18?,20?/m1/s1. The predicted octanol–water partition coefficient (Wildman–Crippen LogP) is 1.89. The van der Waals surface area contributed by atoms with Crippen molar-refractivity contribution in [3.8, 4) is 5.75 Å². The number of benzene rings is 1. The van der Waals surface area contributed by atoms with E-state index in [1.165, 1.54) is 0 Å². The summed E-state index contributed by atoms with van der Waals surface area (Å²) < 4.78 is 27.6. The second-order valence-corrected chi connectivity index (χ2v) is 7.30. The third-order valence-corrected chi connectivity index (χ3v) is 5.53. The van der Waals surface area contributed by atoms with Gasteiger partial charge in [-0.3, -0.25) is 4.79 Å². The highest BCUT2D eigenvalue weighted by Crippen LogP contribution is 2.41. The maximum Gasteiger partial charge on any atom is 0.226 e. The maximum absolute atomic E-state index is 13.2. The number of ether oxygens (including phenoxy) is 5. The van der Waals surface area contributed by atoms with Crippen LogP contribution in [-0.4, -0.2) is 63.8 Å². The normalized spacial score (nSPS) is 28.2. The molecule has 3 heterocycles. The Morgan fingerprint density at radius 3 is 2.78 bits per heavy atom. The molecule has 1 aromatic carbocycles. The van der Waals surface area contributed by atoms with Crippen molar-refractivity contribution in [3.05, 3.63) is 29.3 Å². The number of nitrogens with zero attached hydrogens (tertiary/aromatic N) is 1. The van der Waals surface area contributed by atoms with Crippen LogP contribution in [0, 0.1) is 5.92 Å². The summed E-state index contributed by atoms with van der Waals surface area (Å²) in [5.41, 5.74) is 2.04. The molecule has 0 saturated carbocycles. The zero-order chi connectivity index (χ0) is 18.8. The third kappa shape index (κ3) is 3.96. The van der Waals surface area contributed by atoms with E-state index in [1.807, 2.05) is 23.1 Å². The maximum atomic E-state index is 13.2. The molecule has 7 nitrogen and oxygen atoms in total. The van der Waals surface area contributed by atoms with E-state index in [0.29, 0.717) is 33.0 Å². The Labute approximate surface area is 159 Å². The van der Waals surface area contributed by atoms with Gasteiger partial charge in [0.1, 0.15) is 18.5 Å². The van der Waals surface area contributed by atoms with Gasteiger partial charge < -0.3 is 28.6 Å². The molecule has 7 heteroatoms. The van der Waals surface area contributed by atoms with Crippen molar-refractivity contribution in [2.75, 3.05) is 40.6 Å². The molecule has 27 heavy (non-hydrogen) atoms. The fourth-order valence-electron chi connectivity index (χ4n) is 3.88. The summed E-state index contributed by atoms with van der Waals surface area (Å²) >= 11 is 0.